The largest absolute Gasteiger partial charge is 0.478 e. The van der Waals surface area contributed by atoms with Crippen LogP contribution in [0.2, 0.25) is 0 Å². The first-order valence-corrected chi connectivity index (χ1v) is 3.86. The van der Waals surface area contributed by atoms with Crippen LogP contribution in [0.15, 0.2) is 0 Å². The Morgan fingerprint density at radius 3 is 2.25 bits per heavy atom. The van der Waals surface area contributed by atoms with Gasteiger partial charge in [0.1, 0.15) is 0 Å². The first-order chi connectivity index (χ1) is 5.39. The van der Waals surface area contributed by atoms with Crippen molar-refractivity contribution >= 4 is 11.9 Å². The Kier molecular flexibility index (Phi) is 1.86. The van der Waals surface area contributed by atoms with Crippen LogP contribution in [0.1, 0.15) is 20.8 Å². The van der Waals surface area contributed by atoms with Crippen LogP contribution in [0.25, 0.3) is 0 Å². The summed E-state index contributed by atoms with van der Waals surface area (Å²) in [6.45, 7) is 4.83. The number of ether oxygens (including phenoxy) is 1. The molecule has 0 unspecified atom stereocenters. The summed E-state index contributed by atoms with van der Waals surface area (Å²) >= 11 is 0. The van der Waals surface area contributed by atoms with Gasteiger partial charge in [0, 0.05) is 5.92 Å². The van der Waals surface area contributed by atoms with Gasteiger partial charge >= 0.3 is 11.9 Å². The summed E-state index contributed by atoms with van der Waals surface area (Å²) in [5.41, 5.74) is -1.34. The highest BCUT2D eigenvalue weighted by Crippen LogP contribution is 2.36. The highest BCUT2D eigenvalue weighted by molar-refractivity contribution is 5.87. The first kappa shape index (κ1) is 9.03. The van der Waals surface area contributed by atoms with E-state index in [1.165, 1.54) is 6.92 Å². The fourth-order valence-electron chi connectivity index (χ4n) is 1.31. The third-order valence-corrected chi connectivity index (χ3v) is 2.73. The topological polar surface area (TPSA) is 63.6 Å². The SMILES string of the molecule is C[C@@H]1[C@@H](C)C(=O)O[C@@]1(C)C(=O)O. The first-order valence-electron chi connectivity index (χ1n) is 3.86. The van der Waals surface area contributed by atoms with Crippen molar-refractivity contribution < 1.29 is 19.4 Å². The molecule has 1 N–H and O–H groups in total. The lowest BCUT2D eigenvalue weighted by Gasteiger charge is -2.22. The lowest BCUT2D eigenvalue weighted by Crippen LogP contribution is -2.40. The van der Waals surface area contributed by atoms with Crippen LogP contribution in [0.4, 0.5) is 0 Å². The molecule has 0 aromatic heterocycles. The minimum absolute atomic E-state index is 0.275. The quantitative estimate of drug-likeness (QED) is 0.590. The summed E-state index contributed by atoms with van der Waals surface area (Å²) in [5.74, 6) is -2.10. The second-order valence-electron chi connectivity index (χ2n) is 3.41. The Bertz CT molecular complexity index is 233. The number of cyclic esters (lactones) is 1. The van der Waals surface area contributed by atoms with Crippen LogP contribution >= 0.6 is 0 Å². The Morgan fingerprint density at radius 1 is 1.58 bits per heavy atom. The monoisotopic (exact) mass is 172 g/mol. The van der Waals surface area contributed by atoms with Gasteiger partial charge in [-0.3, -0.25) is 4.79 Å². The van der Waals surface area contributed by atoms with Crippen LogP contribution in [-0.4, -0.2) is 22.6 Å². The number of carbonyl (C=O) groups is 2. The van der Waals surface area contributed by atoms with E-state index in [0.29, 0.717) is 0 Å². The zero-order valence-electron chi connectivity index (χ0n) is 7.33. The third kappa shape index (κ3) is 0.983. The van der Waals surface area contributed by atoms with E-state index < -0.39 is 17.5 Å². The molecule has 3 atom stereocenters. The van der Waals surface area contributed by atoms with Gasteiger partial charge < -0.3 is 9.84 Å². The van der Waals surface area contributed by atoms with Gasteiger partial charge in [-0.25, -0.2) is 4.79 Å². The Morgan fingerprint density at radius 2 is 2.08 bits per heavy atom. The molecule has 1 fully saturated rings. The molecule has 68 valence electrons. The van der Waals surface area contributed by atoms with Gasteiger partial charge in [0.15, 0.2) is 0 Å². The minimum Gasteiger partial charge on any atom is -0.478 e. The molecule has 1 heterocycles. The van der Waals surface area contributed by atoms with E-state index in [2.05, 4.69) is 0 Å². The molecule has 12 heavy (non-hydrogen) atoms. The predicted octanol–water partition coefficient (Wildman–Crippen LogP) is 0.659. The van der Waals surface area contributed by atoms with E-state index in [0.717, 1.165) is 0 Å². The van der Waals surface area contributed by atoms with Crippen molar-refractivity contribution in [3.05, 3.63) is 0 Å². The van der Waals surface area contributed by atoms with Gasteiger partial charge in [-0.15, -0.1) is 0 Å². The van der Waals surface area contributed by atoms with E-state index >= 15 is 0 Å². The van der Waals surface area contributed by atoms with Crippen molar-refractivity contribution in [1.29, 1.82) is 0 Å². The van der Waals surface area contributed by atoms with Crippen LogP contribution in [0.3, 0.4) is 0 Å². The lowest BCUT2D eigenvalue weighted by molar-refractivity contribution is -0.170. The molecule has 0 amide bonds. The maximum absolute atomic E-state index is 11.0. The number of esters is 1. The fourth-order valence-corrected chi connectivity index (χ4v) is 1.31. The summed E-state index contributed by atoms with van der Waals surface area (Å²) in [4.78, 5) is 21.8. The predicted molar refractivity (Wildman–Crippen MR) is 40.5 cm³/mol. The number of hydrogen-bond donors (Lipinski definition) is 1. The zero-order chi connectivity index (χ0) is 9.52. The highest BCUT2D eigenvalue weighted by Gasteiger charge is 2.53. The number of carboxylic acid groups (broad SMARTS) is 1. The van der Waals surface area contributed by atoms with E-state index in [1.54, 1.807) is 13.8 Å². The molecule has 0 radical (unpaired) electrons. The third-order valence-electron chi connectivity index (χ3n) is 2.73. The molecule has 4 heteroatoms. The number of hydrogen-bond acceptors (Lipinski definition) is 3. The molecule has 1 aliphatic rings. The van der Waals surface area contributed by atoms with E-state index in [9.17, 15) is 9.59 Å². The Hall–Kier alpha value is -1.06. The van der Waals surface area contributed by atoms with Crippen molar-refractivity contribution in [2.45, 2.75) is 26.4 Å². The molecule has 0 spiro atoms. The van der Waals surface area contributed by atoms with Gasteiger partial charge in [0.25, 0.3) is 0 Å². The van der Waals surface area contributed by atoms with Crippen molar-refractivity contribution in [2.24, 2.45) is 11.8 Å². The normalized spacial score (nSPS) is 41.1. The fraction of sp³-hybridized carbons (Fsp3) is 0.750. The van der Waals surface area contributed by atoms with Gasteiger partial charge in [-0.05, 0) is 6.92 Å². The van der Waals surface area contributed by atoms with Crippen molar-refractivity contribution in [2.75, 3.05) is 0 Å². The lowest BCUT2D eigenvalue weighted by atomic mass is 9.85. The minimum atomic E-state index is -1.34. The van der Waals surface area contributed by atoms with Crippen LogP contribution in [-0.2, 0) is 14.3 Å². The standard InChI is InChI=1S/C8H12O4/c1-4-5(2)8(3,7(10)11)12-6(4)9/h4-5H,1-3H3,(H,10,11)/t4-,5-,8-/m1/s1. The zero-order valence-corrected chi connectivity index (χ0v) is 7.33. The molecule has 0 saturated carbocycles. The second kappa shape index (κ2) is 2.47. The van der Waals surface area contributed by atoms with Crippen LogP contribution in [0.5, 0.6) is 0 Å². The van der Waals surface area contributed by atoms with Gasteiger partial charge in [-0.1, -0.05) is 13.8 Å². The molecule has 4 nitrogen and oxygen atoms in total. The van der Waals surface area contributed by atoms with Gasteiger partial charge in [-0.2, -0.15) is 0 Å². The molecule has 0 bridgehead atoms. The highest BCUT2D eigenvalue weighted by atomic mass is 16.6. The average Bonchev–Trinajstić information content (AvgIpc) is 2.17. The molecule has 0 aromatic carbocycles. The summed E-state index contributed by atoms with van der Waals surface area (Å²) in [6, 6.07) is 0. The smallest absolute Gasteiger partial charge is 0.348 e. The van der Waals surface area contributed by atoms with Crippen molar-refractivity contribution in [1.82, 2.24) is 0 Å². The van der Waals surface area contributed by atoms with Crippen LogP contribution in [0, 0.1) is 11.8 Å². The molecular weight excluding hydrogens is 160 g/mol. The maximum Gasteiger partial charge on any atom is 0.348 e. The van der Waals surface area contributed by atoms with Crippen molar-refractivity contribution in [3.63, 3.8) is 0 Å². The Labute approximate surface area is 70.5 Å². The number of carbonyl (C=O) groups excluding carboxylic acids is 1. The van der Waals surface area contributed by atoms with E-state index in [4.69, 9.17) is 9.84 Å². The summed E-state index contributed by atoms with van der Waals surface area (Å²) in [5, 5.41) is 8.80. The molecule has 1 aliphatic heterocycles. The maximum atomic E-state index is 11.0. The second-order valence-corrected chi connectivity index (χ2v) is 3.41. The van der Waals surface area contributed by atoms with Gasteiger partial charge in [0.2, 0.25) is 5.60 Å². The molecule has 1 saturated heterocycles. The number of rotatable bonds is 1. The summed E-state index contributed by atoms with van der Waals surface area (Å²) in [7, 11) is 0. The van der Waals surface area contributed by atoms with Gasteiger partial charge in [0.05, 0.1) is 5.92 Å². The average molecular weight is 172 g/mol. The summed E-state index contributed by atoms with van der Waals surface area (Å²) in [6.07, 6.45) is 0. The molecule has 0 aromatic rings. The summed E-state index contributed by atoms with van der Waals surface area (Å²) < 4.78 is 4.80. The Balaban J connectivity index is 2.97. The van der Waals surface area contributed by atoms with Crippen molar-refractivity contribution in [3.8, 4) is 0 Å². The number of aliphatic carboxylic acids is 1. The number of carboxylic acids is 1. The van der Waals surface area contributed by atoms with Crippen LogP contribution < -0.4 is 0 Å². The van der Waals surface area contributed by atoms with E-state index in [-0.39, 0.29) is 11.8 Å². The van der Waals surface area contributed by atoms with E-state index in [1.807, 2.05) is 0 Å². The molecule has 1 rings (SSSR count). The molecular formula is C8H12O4. The molecule has 0 aliphatic carbocycles.